The van der Waals surface area contributed by atoms with Gasteiger partial charge in [-0.1, -0.05) is 6.92 Å². The number of rotatable bonds is 4. The van der Waals surface area contributed by atoms with E-state index in [4.69, 9.17) is 5.73 Å². The van der Waals surface area contributed by atoms with E-state index in [1.54, 1.807) is 15.9 Å². The van der Waals surface area contributed by atoms with Gasteiger partial charge in [-0.25, -0.2) is 4.98 Å². The van der Waals surface area contributed by atoms with E-state index in [2.05, 4.69) is 11.9 Å². The van der Waals surface area contributed by atoms with Gasteiger partial charge in [-0.05, 0) is 44.1 Å². The van der Waals surface area contributed by atoms with Gasteiger partial charge in [0.1, 0.15) is 10.7 Å². The average Bonchev–Trinajstić information content (AvgIpc) is 2.79. The van der Waals surface area contributed by atoms with E-state index in [9.17, 15) is 9.59 Å². The monoisotopic (exact) mass is 319 g/mol. The molecule has 0 saturated carbocycles. The molecule has 2 heterocycles. The highest BCUT2D eigenvalue weighted by Crippen LogP contribution is 2.35. The van der Waals surface area contributed by atoms with Crippen molar-refractivity contribution < 1.29 is 4.79 Å². The van der Waals surface area contributed by atoms with Crippen LogP contribution in [0.4, 0.5) is 0 Å². The van der Waals surface area contributed by atoms with Crippen LogP contribution in [-0.4, -0.2) is 15.5 Å². The molecule has 0 radical (unpaired) electrons. The average molecular weight is 319 g/mol. The number of amides is 1. The van der Waals surface area contributed by atoms with E-state index >= 15 is 0 Å². The molecule has 6 heteroatoms. The van der Waals surface area contributed by atoms with Crippen molar-refractivity contribution in [2.45, 2.75) is 52.5 Å². The highest BCUT2D eigenvalue weighted by Gasteiger charge is 2.23. The van der Waals surface area contributed by atoms with Crippen molar-refractivity contribution in [3.63, 3.8) is 0 Å². The smallest absolute Gasteiger partial charge is 0.262 e. The molecular formula is C16H21N3O2S. The van der Waals surface area contributed by atoms with E-state index in [1.807, 2.05) is 6.92 Å². The van der Waals surface area contributed by atoms with Crippen molar-refractivity contribution in [1.82, 2.24) is 9.55 Å². The van der Waals surface area contributed by atoms with E-state index in [-0.39, 0.29) is 11.5 Å². The molecule has 1 atom stereocenters. The number of primary amides is 1. The fourth-order valence-corrected chi connectivity index (χ4v) is 4.62. The molecule has 0 spiro atoms. The van der Waals surface area contributed by atoms with Gasteiger partial charge in [0.25, 0.3) is 5.56 Å². The molecule has 1 aliphatic carbocycles. The van der Waals surface area contributed by atoms with E-state index in [0.29, 0.717) is 31.1 Å². The summed E-state index contributed by atoms with van der Waals surface area (Å²) in [6, 6.07) is 0. The van der Waals surface area contributed by atoms with Crippen molar-refractivity contribution in [3.8, 4) is 0 Å². The molecule has 3 rings (SSSR count). The van der Waals surface area contributed by atoms with Gasteiger partial charge >= 0.3 is 0 Å². The molecule has 1 unspecified atom stereocenters. The normalized spacial score (nSPS) is 17.6. The SMILES string of the molecule is Cc1nc2sc3c(c2c(=O)n1CCCC(N)=O)CCC(C)C3. The number of hydrogen-bond acceptors (Lipinski definition) is 4. The minimum atomic E-state index is -0.332. The fourth-order valence-electron chi connectivity index (χ4n) is 3.20. The van der Waals surface area contributed by atoms with E-state index in [1.165, 1.54) is 10.4 Å². The summed E-state index contributed by atoms with van der Waals surface area (Å²) in [5, 5.41) is 0.802. The summed E-state index contributed by atoms with van der Waals surface area (Å²) in [6.07, 6.45) is 4.03. The van der Waals surface area contributed by atoms with Gasteiger partial charge in [0.2, 0.25) is 5.91 Å². The molecule has 2 aromatic rings. The van der Waals surface area contributed by atoms with Crippen LogP contribution in [-0.2, 0) is 24.2 Å². The van der Waals surface area contributed by atoms with Gasteiger partial charge in [0.05, 0.1) is 5.39 Å². The van der Waals surface area contributed by atoms with Crippen LogP contribution >= 0.6 is 11.3 Å². The maximum Gasteiger partial charge on any atom is 0.262 e. The lowest BCUT2D eigenvalue weighted by molar-refractivity contribution is -0.118. The number of nitrogens with zero attached hydrogens (tertiary/aromatic N) is 2. The lowest BCUT2D eigenvalue weighted by Crippen LogP contribution is -2.25. The lowest BCUT2D eigenvalue weighted by atomic mass is 9.89. The molecule has 118 valence electrons. The Morgan fingerprint density at radius 3 is 3.00 bits per heavy atom. The molecule has 0 aromatic carbocycles. The number of fused-ring (bicyclic) bond motifs is 3. The molecule has 1 aliphatic rings. The van der Waals surface area contributed by atoms with Gasteiger partial charge in [-0.2, -0.15) is 0 Å². The molecule has 1 amide bonds. The molecule has 2 aromatic heterocycles. The summed E-state index contributed by atoms with van der Waals surface area (Å²) in [5.41, 5.74) is 6.42. The van der Waals surface area contributed by atoms with Crippen LogP contribution < -0.4 is 11.3 Å². The first-order chi connectivity index (χ1) is 10.5. The second-order valence-electron chi connectivity index (χ2n) is 6.22. The Kier molecular flexibility index (Phi) is 4.04. The second kappa shape index (κ2) is 5.83. The summed E-state index contributed by atoms with van der Waals surface area (Å²) >= 11 is 1.67. The van der Waals surface area contributed by atoms with Gasteiger partial charge in [-0.15, -0.1) is 11.3 Å². The third-order valence-electron chi connectivity index (χ3n) is 4.41. The van der Waals surface area contributed by atoms with E-state index < -0.39 is 0 Å². The minimum absolute atomic E-state index is 0.0408. The zero-order chi connectivity index (χ0) is 15.9. The Bertz CT molecular complexity index is 791. The Morgan fingerprint density at radius 1 is 1.50 bits per heavy atom. The van der Waals surface area contributed by atoms with Gasteiger partial charge < -0.3 is 5.73 Å². The lowest BCUT2D eigenvalue weighted by Gasteiger charge is -2.17. The first-order valence-corrected chi connectivity index (χ1v) is 8.59. The van der Waals surface area contributed by atoms with Gasteiger partial charge in [0.15, 0.2) is 0 Å². The maximum atomic E-state index is 12.9. The molecule has 5 nitrogen and oxygen atoms in total. The zero-order valence-electron chi connectivity index (χ0n) is 13.0. The standard InChI is InChI=1S/C16H21N3O2S/c1-9-5-6-11-12(8-9)22-15-14(11)16(21)19(10(2)18-15)7-3-4-13(17)20/h9H,3-8H2,1-2H3,(H2,17,20). The molecule has 0 fully saturated rings. The molecule has 22 heavy (non-hydrogen) atoms. The summed E-state index contributed by atoms with van der Waals surface area (Å²) in [6.45, 7) is 4.61. The van der Waals surface area contributed by atoms with Crippen molar-refractivity contribution in [2.75, 3.05) is 0 Å². The summed E-state index contributed by atoms with van der Waals surface area (Å²) in [7, 11) is 0. The predicted molar refractivity (Wildman–Crippen MR) is 88.2 cm³/mol. The largest absolute Gasteiger partial charge is 0.370 e. The number of nitrogens with two attached hydrogens (primary N) is 1. The molecule has 0 bridgehead atoms. The summed E-state index contributed by atoms with van der Waals surface area (Å²) in [5.74, 6) is 1.06. The van der Waals surface area contributed by atoms with Crippen LogP contribution in [0.25, 0.3) is 10.2 Å². The number of carbonyl (C=O) groups is 1. The van der Waals surface area contributed by atoms with Crippen molar-refractivity contribution in [3.05, 3.63) is 26.6 Å². The topological polar surface area (TPSA) is 78.0 Å². The van der Waals surface area contributed by atoms with Crippen molar-refractivity contribution in [2.24, 2.45) is 11.7 Å². The fraction of sp³-hybridized carbons (Fsp3) is 0.562. The number of aromatic nitrogens is 2. The maximum absolute atomic E-state index is 12.9. The second-order valence-corrected chi connectivity index (χ2v) is 7.30. The van der Waals surface area contributed by atoms with Crippen LogP contribution in [0.3, 0.4) is 0 Å². The Labute approximate surface area is 133 Å². The zero-order valence-corrected chi connectivity index (χ0v) is 13.8. The number of hydrogen-bond donors (Lipinski definition) is 1. The van der Waals surface area contributed by atoms with Gasteiger partial charge in [0, 0.05) is 17.8 Å². The van der Waals surface area contributed by atoms with Crippen LogP contribution in [0.2, 0.25) is 0 Å². The molecule has 0 aliphatic heterocycles. The van der Waals surface area contributed by atoms with Crippen LogP contribution in [0.1, 0.15) is 42.5 Å². The first-order valence-electron chi connectivity index (χ1n) is 7.77. The van der Waals surface area contributed by atoms with Crippen LogP contribution in [0.15, 0.2) is 4.79 Å². The number of thiophene rings is 1. The third-order valence-corrected chi connectivity index (χ3v) is 5.56. The molecule has 0 saturated heterocycles. The van der Waals surface area contributed by atoms with Crippen LogP contribution in [0.5, 0.6) is 0 Å². The highest BCUT2D eigenvalue weighted by molar-refractivity contribution is 7.18. The Hall–Kier alpha value is -1.69. The van der Waals surface area contributed by atoms with Gasteiger partial charge in [-0.3, -0.25) is 14.2 Å². The highest BCUT2D eigenvalue weighted by atomic mass is 32.1. The van der Waals surface area contributed by atoms with Crippen molar-refractivity contribution >= 4 is 27.5 Å². The van der Waals surface area contributed by atoms with E-state index in [0.717, 1.165) is 29.5 Å². The first kappa shape index (κ1) is 15.2. The van der Waals surface area contributed by atoms with Crippen molar-refractivity contribution in [1.29, 1.82) is 0 Å². The quantitative estimate of drug-likeness (QED) is 0.938. The molecule has 2 N–H and O–H groups in total. The van der Waals surface area contributed by atoms with Crippen LogP contribution in [0, 0.1) is 12.8 Å². The Morgan fingerprint density at radius 2 is 2.27 bits per heavy atom. The molecular weight excluding hydrogens is 298 g/mol. The Balaban J connectivity index is 2.04. The third kappa shape index (κ3) is 2.67. The minimum Gasteiger partial charge on any atom is -0.370 e. The number of carbonyl (C=O) groups excluding carboxylic acids is 1. The number of aryl methyl sites for hydroxylation is 2. The summed E-state index contributed by atoms with van der Waals surface area (Å²) in [4.78, 5) is 30.6. The predicted octanol–water partition coefficient (Wildman–Crippen LogP) is 2.16. The summed E-state index contributed by atoms with van der Waals surface area (Å²) < 4.78 is 1.69.